The van der Waals surface area contributed by atoms with Gasteiger partial charge in [-0.2, -0.15) is 0 Å². The van der Waals surface area contributed by atoms with Gasteiger partial charge in [0.25, 0.3) is 5.56 Å². The summed E-state index contributed by atoms with van der Waals surface area (Å²) in [7, 11) is 0. The summed E-state index contributed by atoms with van der Waals surface area (Å²) in [4.78, 5) is 42.9. The molecule has 0 spiro atoms. The van der Waals surface area contributed by atoms with E-state index >= 15 is 0 Å². The van der Waals surface area contributed by atoms with Crippen LogP contribution < -0.4 is 16.0 Å². The summed E-state index contributed by atoms with van der Waals surface area (Å²) in [5.41, 5.74) is 1.01. The number of carbonyl (C=O) groups excluding carboxylic acids is 2. The number of aromatic carboxylic acids is 1. The molecule has 0 saturated carbocycles. The molecule has 1 N–H and O–H groups in total. The minimum Gasteiger partial charge on any atom is -0.545 e. The van der Waals surface area contributed by atoms with Crippen molar-refractivity contribution in [2.45, 2.75) is 5.16 Å². The van der Waals surface area contributed by atoms with Crippen LogP contribution in [-0.4, -0.2) is 78.6 Å². The van der Waals surface area contributed by atoms with E-state index in [9.17, 15) is 19.5 Å². The number of para-hydroxylation sites is 2. The predicted molar refractivity (Wildman–Crippen MR) is 139 cm³/mol. The third kappa shape index (κ3) is 5.42. The van der Waals surface area contributed by atoms with Gasteiger partial charge in [0, 0.05) is 73.6 Å². The van der Waals surface area contributed by atoms with Crippen molar-refractivity contribution in [1.82, 2.24) is 9.55 Å². The molecule has 3 heterocycles. The van der Waals surface area contributed by atoms with Crippen molar-refractivity contribution in [1.29, 1.82) is 0 Å². The molecule has 11 heteroatoms. The largest absolute Gasteiger partial charge is 0.545 e. The molecule has 175 valence electrons. The van der Waals surface area contributed by atoms with E-state index < -0.39 is 11.9 Å². The van der Waals surface area contributed by atoms with E-state index in [0.717, 1.165) is 11.8 Å². The predicted octanol–water partition coefficient (Wildman–Crippen LogP) is 3.42. The van der Waals surface area contributed by atoms with Gasteiger partial charge in [0.15, 0.2) is 5.16 Å². The van der Waals surface area contributed by atoms with E-state index in [0.29, 0.717) is 32.4 Å². The van der Waals surface area contributed by atoms with E-state index in [-0.39, 0.29) is 73.9 Å². The number of thioether (sulfide) groups is 1. The van der Waals surface area contributed by atoms with Crippen LogP contribution in [0.2, 0.25) is 0 Å². The van der Waals surface area contributed by atoms with Crippen LogP contribution in [0.25, 0.3) is 27.2 Å². The van der Waals surface area contributed by atoms with Gasteiger partial charge in [0.1, 0.15) is 10.6 Å². The zero-order chi connectivity index (χ0) is 24.4. The Kier molecular flexibility index (Phi) is 8.62. The summed E-state index contributed by atoms with van der Waals surface area (Å²) in [5, 5.41) is 16.5. The number of rotatable bonds is 7. The molecule has 0 aliphatic carbocycles. The number of furan rings is 1. The van der Waals surface area contributed by atoms with Crippen LogP contribution in [0.4, 0.5) is 5.69 Å². The number of carboxylic acids is 1. The molecule has 0 atom stereocenters. The molecule has 0 fully saturated rings. The van der Waals surface area contributed by atoms with Crippen LogP contribution in [0.5, 0.6) is 0 Å². The Balaban J connectivity index is 0.00000304. The van der Waals surface area contributed by atoms with Crippen molar-refractivity contribution in [2.75, 3.05) is 11.1 Å². The fourth-order valence-corrected chi connectivity index (χ4v) is 5.35. The molecule has 0 saturated heterocycles. The second-order valence-corrected chi connectivity index (χ2v) is 9.15. The molecular formula is C25H16KN3O5S2-. The average Bonchev–Trinajstić information content (AvgIpc) is 3.54. The van der Waals surface area contributed by atoms with Gasteiger partial charge in [-0.05, 0) is 30.3 Å². The van der Waals surface area contributed by atoms with Crippen molar-refractivity contribution in [3.8, 4) is 17.0 Å². The minimum atomic E-state index is -1.39. The molecule has 0 aliphatic heterocycles. The first-order valence-corrected chi connectivity index (χ1v) is 12.3. The number of carboxylic acid groups (broad SMARTS) is 1. The van der Waals surface area contributed by atoms with Crippen LogP contribution in [0.1, 0.15) is 10.4 Å². The van der Waals surface area contributed by atoms with Gasteiger partial charge in [0.2, 0.25) is 5.91 Å². The Labute approximate surface area is 255 Å². The Bertz CT molecular complexity index is 1600. The molecule has 5 rings (SSSR count). The average molecular weight is 542 g/mol. The van der Waals surface area contributed by atoms with E-state index in [1.165, 1.54) is 28.0 Å². The van der Waals surface area contributed by atoms with Gasteiger partial charge in [-0.25, -0.2) is 4.98 Å². The van der Waals surface area contributed by atoms with Crippen molar-refractivity contribution in [3.05, 3.63) is 94.3 Å². The normalized spacial score (nSPS) is 10.7. The first kappa shape index (κ1) is 26.5. The van der Waals surface area contributed by atoms with Gasteiger partial charge in [-0.15, -0.1) is 11.3 Å². The topological polar surface area (TPSA) is 117 Å². The fraction of sp³-hybridized carbons (Fsp3) is 0.0400. The number of hydrogen-bond donors (Lipinski definition) is 1. The van der Waals surface area contributed by atoms with Gasteiger partial charge in [-0.1, -0.05) is 48.2 Å². The number of anilines is 1. The fourth-order valence-electron chi connectivity index (χ4n) is 3.57. The molecule has 1 radical (unpaired) electrons. The molecule has 5 aromatic rings. The Morgan fingerprint density at radius 3 is 2.53 bits per heavy atom. The summed E-state index contributed by atoms with van der Waals surface area (Å²) in [6, 6.07) is 18.6. The Morgan fingerprint density at radius 2 is 1.81 bits per heavy atom. The van der Waals surface area contributed by atoms with Gasteiger partial charge < -0.3 is 19.6 Å². The molecular weight excluding hydrogens is 526 g/mol. The Morgan fingerprint density at radius 1 is 1.06 bits per heavy atom. The van der Waals surface area contributed by atoms with Gasteiger partial charge >= 0.3 is 0 Å². The number of nitrogens with one attached hydrogen (secondary N) is 1. The SMILES string of the molecule is O=C(CSc1nc2scc(-c3ccco3)c2c(=O)n1-c1ccccc1)Nc1ccccc1C(=O)[O-].[K]. The number of amides is 1. The van der Waals surface area contributed by atoms with Crippen molar-refractivity contribution in [2.24, 2.45) is 0 Å². The van der Waals surface area contributed by atoms with Crippen molar-refractivity contribution in [3.63, 3.8) is 0 Å². The zero-order valence-corrected chi connectivity index (χ0v) is 23.7. The number of fused-ring (bicyclic) bond motifs is 1. The van der Waals surface area contributed by atoms with Gasteiger partial charge in [-0.3, -0.25) is 14.2 Å². The molecule has 1 amide bonds. The molecule has 0 bridgehead atoms. The molecule has 36 heavy (non-hydrogen) atoms. The summed E-state index contributed by atoms with van der Waals surface area (Å²) in [5.74, 6) is -1.35. The maximum atomic E-state index is 13.7. The van der Waals surface area contributed by atoms with E-state index in [1.54, 1.807) is 42.7 Å². The maximum absolute atomic E-state index is 13.7. The molecule has 0 unspecified atom stereocenters. The zero-order valence-electron chi connectivity index (χ0n) is 19.0. The number of thiophene rings is 1. The van der Waals surface area contributed by atoms with Crippen LogP contribution in [0.15, 0.2) is 92.7 Å². The van der Waals surface area contributed by atoms with Gasteiger partial charge in [0.05, 0.1) is 29.1 Å². The summed E-state index contributed by atoms with van der Waals surface area (Å²) in [6.45, 7) is 0. The third-order valence-corrected chi connectivity index (χ3v) is 6.94. The number of aromatic nitrogens is 2. The first-order valence-electron chi connectivity index (χ1n) is 10.4. The first-order chi connectivity index (χ1) is 17.0. The van der Waals surface area contributed by atoms with Crippen LogP contribution in [0.3, 0.4) is 0 Å². The molecule has 8 nitrogen and oxygen atoms in total. The maximum Gasteiger partial charge on any atom is 0.268 e. The third-order valence-electron chi connectivity index (χ3n) is 5.13. The second-order valence-electron chi connectivity index (χ2n) is 7.35. The summed E-state index contributed by atoms with van der Waals surface area (Å²) >= 11 is 2.40. The molecule has 2 aromatic carbocycles. The number of carbonyl (C=O) groups is 2. The van der Waals surface area contributed by atoms with E-state index in [4.69, 9.17) is 4.42 Å². The monoisotopic (exact) mass is 541 g/mol. The number of benzene rings is 2. The molecule has 0 aliphatic rings. The van der Waals surface area contributed by atoms with E-state index in [1.807, 2.05) is 23.6 Å². The molecule has 3 aromatic heterocycles. The van der Waals surface area contributed by atoms with Crippen molar-refractivity contribution < 1.29 is 19.1 Å². The summed E-state index contributed by atoms with van der Waals surface area (Å²) in [6.07, 6.45) is 1.55. The van der Waals surface area contributed by atoms with Crippen molar-refractivity contribution >= 4 is 102 Å². The quantitative estimate of drug-likeness (QED) is 0.191. The van der Waals surface area contributed by atoms with Crippen LogP contribution in [-0.2, 0) is 4.79 Å². The Hall–Kier alpha value is -2.51. The number of hydrogen-bond acceptors (Lipinski definition) is 8. The second kappa shape index (κ2) is 11.7. The van der Waals surface area contributed by atoms with E-state index in [2.05, 4.69) is 10.3 Å². The van der Waals surface area contributed by atoms with Crippen LogP contribution in [0, 0.1) is 0 Å². The number of nitrogens with zero attached hydrogens (tertiary/aromatic N) is 2. The summed E-state index contributed by atoms with van der Waals surface area (Å²) < 4.78 is 6.97. The standard InChI is InChI=1S/C25H17N3O5S2.K/c29-20(26-18-10-5-4-9-16(18)24(31)32)14-35-25-27-22-21(17(13-34-22)19-11-6-12-33-19)23(30)28(25)15-7-2-1-3-8-15;/h1-13H,14H2,(H,26,29)(H,31,32);/p-1. The minimum absolute atomic E-state index is 0. The smallest absolute Gasteiger partial charge is 0.268 e. The van der Waals surface area contributed by atoms with Crippen LogP contribution >= 0.6 is 23.1 Å².